The minimum absolute atomic E-state index is 0.303. The Bertz CT molecular complexity index is 778. The largest absolute Gasteiger partial charge is 0.344 e. The van der Waals surface area contributed by atoms with E-state index in [2.05, 4.69) is 81.5 Å². The SMILES string of the molecule is CCCCC/C=C\C/C=C\CCCCCCCCC1(CCCCCCCC/C=C\C/C=C\CCCCC)OC2CC(CN(C)C)CC2O1. The first-order valence-corrected chi connectivity index (χ1v) is 21.2. The summed E-state index contributed by atoms with van der Waals surface area (Å²) in [7, 11) is 4.38. The molecule has 3 heteroatoms. The molecule has 0 spiro atoms. The van der Waals surface area contributed by atoms with Gasteiger partial charge in [0.2, 0.25) is 0 Å². The second-order valence-corrected chi connectivity index (χ2v) is 15.5. The van der Waals surface area contributed by atoms with Crippen LogP contribution in [0.2, 0.25) is 0 Å². The number of nitrogens with zero attached hydrogens (tertiary/aromatic N) is 1. The smallest absolute Gasteiger partial charge is 0.169 e. The van der Waals surface area contributed by atoms with E-state index in [9.17, 15) is 0 Å². The summed E-state index contributed by atoms with van der Waals surface area (Å²) in [6.45, 7) is 5.70. The van der Waals surface area contributed by atoms with Crippen LogP contribution in [0.5, 0.6) is 0 Å². The van der Waals surface area contributed by atoms with Crippen molar-refractivity contribution in [1.82, 2.24) is 4.90 Å². The van der Waals surface area contributed by atoms with Gasteiger partial charge in [0.1, 0.15) is 0 Å². The topological polar surface area (TPSA) is 21.7 Å². The molecule has 2 aliphatic rings. The van der Waals surface area contributed by atoms with E-state index in [1.807, 2.05) is 0 Å². The average molecular weight is 668 g/mol. The first-order valence-electron chi connectivity index (χ1n) is 21.2. The molecule has 1 saturated heterocycles. The summed E-state index contributed by atoms with van der Waals surface area (Å²) in [5.41, 5.74) is 0. The van der Waals surface area contributed by atoms with E-state index >= 15 is 0 Å². The van der Waals surface area contributed by atoms with E-state index in [1.165, 1.54) is 154 Å². The minimum atomic E-state index is -0.303. The molecule has 2 rings (SSSR count). The number of hydrogen-bond acceptors (Lipinski definition) is 3. The summed E-state index contributed by atoms with van der Waals surface area (Å²) in [4.78, 5) is 2.33. The molecule has 3 nitrogen and oxygen atoms in total. The van der Waals surface area contributed by atoms with Gasteiger partial charge in [-0.3, -0.25) is 0 Å². The lowest BCUT2D eigenvalue weighted by molar-refractivity contribution is -0.193. The van der Waals surface area contributed by atoms with Crippen molar-refractivity contribution in [2.45, 2.75) is 212 Å². The fraction of sp³-hybridized carbons (Fsp3) is 0.822. The molecule has 2 fully saturated rings. The van der Waals surface area contributed by atoms with Crippen molar-refractivity contribution in [3.8, 4) is 0 Å². The molecule has 0 bridgehead atoms. The number of unbranched alkanes of at least 4 members (excludes halogenated alkanes) is 18. The predicted octanol–water partition coefficient (Wildman–Crippen LogP) is 13.8. The van der Waals surface area contributed by atoms with Crippen LogP contribution in [0.1, 0.15) is 194 Å². The van der Waals surface area contributed by atoms with Crippen LogP contribution in [-0.4, -0.2) is 43.5 Å². The third-order valence-electron chi connectivity index (χ3n) is 10.4. The number of ether oxygens (including phenoxy) is 2. The van der Waals surface area contributed by atoms with E-state index in [4.69, 9.17) is 9.47 Å². The van der Waals surface area contributed by atoms with Crippen LogP contribution in [0.25, 0.3) is 0 Å². The second-order valence-electron chi connectivity index (χ2n) is 15.5. The normalized spacial score (nSPS) is 21.0. The van der Waals surface area contributed by atoms with Crippen molar-refractivity contribution in [3.05, 3.63) is 48.6 Å². The summed E-state index contributed by atoms with van der Waals surface area (Å²) in [6.07, 6.45) is 55.2. The van der Waals surface area contributed by atoms with Crippen molar-refractivity contribution in [2.24, 2.45) is 5.92 Å². The lowest BCUT2D eigenvalue weighted by Gasteiger charge is -2.30. The molecular formula is C45H81NO2. The molecule has 0 aromatic carbocycles. The average Bonchev–Trinajstić information content (AvgIpc) is 3.59. The summed E-state index contributed by atoms with van der Waals surface area (Å²) in [5.74, 6) is 0.417. The minimum Gasteiger partial charge on any atom is -0.344 e. The molecule has 1 heterocycles. The van der Waals surface area contributed by atoms with Crippen molar-refractivity contribution < 1.29 is 9.47 Å². The Labute approximate surface area is 300 Å². The van der Waals surface area contributed by atoms with Crippen molar-refractivity contribution in [2.75, 3.05) is 20.6 Å². The zero-order chi connectivity index (χ0) is 34.4. The molecule has 0 aromatic heterocycles. The van der Waals surface area contributed by atoms with Gasteiger partial charge in [0, 0.05) is 19.4 Å². The van der Waals surface area contributed by atoms with E-state index in [0.717, 1.165) is 38.1 Å². The molecule has 0 radical (unpaired) electrons. The van der Waals surface area contributed by atoms with Crippen LogP contribution in [0.15, 0.2) is 48.6 Å². The van der Waals surface area contributed by atoms with Crippen LogP contribution in [0.3, 0.4) is 0 Å². The highest BCUT2D eigenvalue weighted by atomic mass is 16.8. The number of fused-ring (bicyclic) bond motifs is 1. The van der Waals surface area contributed by atoms with Crippen molar-refractivity contribution >= 4 is 0 Å². The Morgan fingerprint density at radius 3 is 1.21 bits per heavy atom. The summed E-state index contributed by atoms with van der Waals surface area (Å²) < 4.78 is 13.7. The Morgan fingerprint density at radius 2 is 0.833 bits per heavy atom. The number of allylic oxidation sites excluding steroid dienone is 8. The van der Waals surface area contributed by atoms with Crippen molar-refractivity contribution in [1.29, 1.82) is 0 Å². The summed E-state index contributed by atoms with van der Waals surface area (Å²) in [5, 5.41) is 0. The van der Waals surface area contributed by atoms with Gasteiger partial charge in [-0.05, 0) is 110 Å². The molecule has 48 heavy (non-hydrogen) atoms. The maximum Gasteiger partial charge on any atom is 0.169 e. The third kappa shape index (κ3) is 21.8. The van der Waals surface area contributed by atoms with E-state index < -0.39 is 0 Å². The lowest BCUT2D eigenvalue weighted by Crippen LogP contribution is -2.33. The van der Waals surface area contributed by atoms with Crippen LogP contribution >= 0.6 is 0 Å². The van der Waals surface area contributed by atoms with Crippen LogP contribution in [0.4, 0.5) is 0 Å². The monoisotopic (exact) mass is 668 g/mol. The molecule has 1 aliphatic heterocycles. The molecule has 2 unspecified atom stereocenters. The van der Waals surface area contributed by atoms with Gasteiger partial charge in [0.05, 0.1) is 12.2 Å². The quantitative estimate of drug-likeness (QED) is 0.0526. The maximum atomic E-state index is 6.87. The summed E-state index contributed by atoms with van der Waals surface area (Å²) >= 11 is 0. The third-order valence-corrected chi connectivity index (χ3v) is 10.4. The van der Waals surface area contributed by atoms with E-state index in [0.29, 0.717) is 12.2 Å². The molecule has 0 aromatic rings. The van der Waals surface area contributed by atoms with Gasteiger partial charge >= 0.3 is 0 Å². The van der Waals surface area contributed by atoms with Gasteiger partial charge in [-0.15, -0.1) is 0 Å². The van der Waals surface area contributed by atoms with E-state index in [1.54, 1.807) is 0 Å². The van der Waals surface area contributed by atoms with Crippen molar-refractivity contribution in [3.63, 3.8) is 0 Å². The van der Waals surface area contributed by atoms with Crippen LogP contribution < -0.4 is 0 Å². The van der Waals surface area contributed by atoms with Gasteiger partial charge in [-0.2, -0.15) is 0 Å². The molecule has 1 saturated carbocycles. The molecule has 0 N–H and O–H groups in total. The Kier molecular flexibility index (Phi) is 26.5. The van der Waals surface area contributed by atoms with Crippen LogP contribution in [-0.2, 0) is 9.47 Å². The Morgan fingerprint density at radius 1 is 0.479 bits per heavy atom. The molecule has 0 amide bonds. The lowest BCUT2D eigenvalue weighted by atomic mass is 9.98. The standard InChI is InChI=1S/C45H81NO2/c1-5-7-9-11-13-15-17-19-21-23-25-27-29-31-33-35-37-45(47-43-39-42(41-46(3)4)40-44(43)48-45)38-36-34-32-30-28-26-24-22-20-18-16-14-12-10-8-6-2/h13-16,19-22,42-44H,5-12,17-18,23-41H2,1-4H3/b15-13-,16-14-,21-19-,22-20-. The highest BCUT2D eigenvalue weighted by Crippen LogP contribution is 2.45. The summed E-state index contributed by atoms with van der Waals surface area (Å²) in [6, 6.07) is 0. The second kappa shape index (κ2) is 29.6. The van der Waals surface area contributed by atoms with Gasteiger partial charge in [-0.1, -0.05) is 140 Å². The number of rotatable bonds is 32. The van der Waals surface area contributed by atoms with Crippen LogP contribution in [0, 0.1) is 5.92 Å². The fourth-order valence-electron chi connectivity index (χ4n) is 7.68. The van der Waals surface area contributed by atoms with Gasteiger partial charge in [0.25, 0.3) is 0 Å². The zero-order valence-electron chi connectivity index (χ0n) is 32.6. The maximum absolute atomic E-state index is 6.87. The first-order chi connectivity index (χ1) is 23.6. The highest BCUT2D eigenvalue weighted by molar-refractivity contribution is 4.95. The molecular weight excluding hydrogens is 587 g/mol. The fourth-order valence-corrected chi connectivity index (χ4v) is 7.68. The zero-order valence-corrected chi connectivity index (χ0v) is 32.6. The highest BCUT2D eigenvalue weighted by Gasteiger charge is 2.50. The first kappa shape index (κ1) is 43.0. The van der Waals surface area contributed by atoms with Gasteiger partial charge in [0.15, 0.2) is 5.79 Å². The van der Waals surface area contributed by atoms with E-state index in [-0.39, 0.29) is 5.79 Å². The molecule has 2 atom stereocenters. The Balaban J connectivity index is 1.57. The predicted molar refractivity (Wildman–Crippen MR) is 212 cm³/mol. The Hall–Kier alpha value is -1.16. The van der Waals surface area contributed by atoms with Gasteiger partial charge in [-0.25, -0.2) is 0 Å². The molecule has 278 valence electrons. The van der Waals surface area contributed by atoms with Gasteiger partial charge < -0.3 is 14.4 Å². The molecule has 1 aliphatic carbocycles. The number of hydrogen-bond donors (Lipinski definition) is 0.